The summed E-state index contributed by atoms with van der Waals surface area (Å²) in [5.74, 6) is 0.573. The zero-order valence-corrected chi connectivity index (χ0v) is 16.7. The van der Waals surface area contributed by atoms with E-state index in [2.05, 4.69) is 4.90 Å². The van der Waals surface area contributed by atoms with Crippen molar-refractivity contribution in [2.24, 2.45) is 0 Å². The van der Waals surface area contributed by atoms with E-state index < -0.39 is 11.7 Å². The maximum absolute atomic E-state index is 13.1. The van der Waals surface area contributed by atoms with Crippen molar-refractivity contribution < 1.29 is 22.7 Å². The smallest absolute Gasteiger partial charge is 0.416 e. The van der Waals surface area contributed by atoms with Gasteiger partial charge in [0.05, 0.1) is 5.56 Å². The lowest BCUT2D eigenvalue weighted by Crippen LogP contribution is -2.50. The second-order valence-electron chi connectivity index (χ2n) is 6.73. The van der Waals surface area contributed by atoms with Gasteiger partial charge >= 0.3 is 6.18 Å². The van der Waals surface area contributed by atoms with Gasteiger partial charge in [0.25, 0.3) is 5.91 Å². The molecule has 8 heteroatoms. The van der Waals surface area contributed by atoms with Crippen molar-refractivity contribution in [3.8, 4) is 5.75 Å². The minimum atomic E-state index is -4.33. The molecule has 2 aromatic rings. The van der Waals surface area contributed by atoms with E-state index in [0.717, 1.165) is 6.07 Å². The number of hydrogen-bond donors (Lipinski definition) is 0. The highest BCUT2D eigenvalue weighted by molar-refractivity contribution is 5.85. The minimum absolute atomic E-state index is 0. The number of carbonyl (C=O) groups excluding carboxylic acids is 1. The molecule has 0 atom stereocenters. The van der Waals surface area contributed by atoms with E-state index in [1.165, 1.54) is 12.1 Å². The summed E-state index contributed by atoms with van der Waals surface area (Å²) in [6.07, 6.45) is -4.00. The van der Waals surface area contributed by atoms with Crippen molar-refractivity contribution in [3.05, 3.63) is 65.7 Å². The Morgan fingerprint density at radius 3 is 2.21 bits per heavy atom. The second kappa shape index (κ2) is 10.5. The maximum Gasteiger partial charge on any atom is 0.416 e. The number of hydrogen-bond acceptors (Lipinski definition) is 3. The Bertz CT molecular complexity index is 779. The van der Waals surface area contributed by atoms with Gasteiger partial charge in [-0.25, -0.2) is 0 Å². The van der Waals surface area contributed by atoms with E-state index in [9.17, 15) is 18.0 Å². The molecular formula is C21H24ClF3N2O2. The molecule has 0 saturated carbocycles. The van der Waals surface area contributed by atoms with Crippen molar-refractivity contribution in [3.63, 3.8) is 0 Å². The van der Waals surface area contributed by atoms with Gasteiger partial charge in [0.2, 0.25) is 0 Å². The Morgan fingerprint density at radius 1 is 0.931 bits per heavy atom. The Hall–Kier alpha value is -2.25. The largest absolute Gasteiger partial charge is 0.484 e. The molecule has 2 aromatic carbocycles. The van der Waals surface area contributed by atoms with Crippen LogP contribution in [0.2, 0.25) is 0 Å². The summed E-state index contributed by atoms with van der Waals surface area (Å²) < 4.78 is 44.7. The Balaban J connectivity index is 0.00000300. The molecule has 1 aliphatic rings. The first-order valence-electron chi connectivity index (χ1n) is 9.26. The van der Waals surface area contributed by atoms with Gasteiger partial charge in [0.1, 0.15) is 5.75 Å². The second-order valence-corrected chi connectivity index (χ2v) is 6.73. The van der Waals surface area contributed by atoms with Gasteiger partial charge in [-0.05, 0) is 30.2 Å². The molecule has 1 aliphatic heterocycles. The fourth-order valence-electron chi connectivity index (χ4n) is 3.27. The van der Waals surface area contributed by atoms with Gasteiger partial charge in [-0.15, -0.1) is 12.4 Å². The number of piperazine rings is 1. The standard InChI is InChI=1S/C21H23F3N2O2.ClH/c22-21(23,24)19-9-5-4-6-17(19)10-11-25-12-14-26(15-13-25)20(27)16-28-18-7-2-1-3-8-18;/h1-9H,10-16H2;1H. The molecule has 0 radical (unpaired) electrons. The summed E-state index contributed by atoms with van der Waals surface area (Å²) in [4.78, 5) is 16.1. The number of carbonyl (C=O) groups is 1. The number of nitrogens with zero attached hydrogens (tertiary/aromatic N) is 2. The van der Waals surface area contributed by atoms with Crippen molar-refractivity contribution in [2.45, 2.75) is 12.6 Å². The van der Waals surface area contributed by atoms with Crippen LogP contribution in [-0.2, 0) is 17.4 Å². The summed E-state index contributed by atoms with van der Waals surface area (Å²) in [5, 5.41) is 0. The normalized spacial score (nSPS) is 14.9. The molecule has 1 saturated heterocycles. The first kappa shape index (κ1) is 23.0. The minimum Gasteiger partial charge on any atom is -0.484 e. The average Bonchev–Trinajstić information content (AvgIpc) is 2.71. The van der Waals surface area contributed by atoms with Gasteiger partial charge < -0.3 is 9.64 Å². The lowest BCUT2D eigenvalue weighted by Gasteiger charge is -2.34. The van der Waals surface area contributed by atoms with Crippen LogP contribution in [0.1, 0.15) is 11.1 Å². The van der Waals surface area contributed by atoms with Gasteiger partial charge in [-0.1, -0.05) is 36.4 Å². The van der Waals surface area contributed by atoms with Gasteiger partial charge in [0, 0.05) is 32.7 Å². The molecule has 0 aromatic heterocycles. The van der Waals surface area contributed by atoms with E-state index in [-0.39, 0.29) is 24.9 Å². The van der Waals surface area contributed by atoms with Crippen LogP contribution in [0, 0.1) is 0 Å². The van der Waals surface area contributed by atoms with Crippen LogP contribution >= 0.6 is 12.4 Å². The molecule has 0 N–H and O–H groups in total. The number of amides is 1. The van der Waals surface area contributed by atoms with Crippen LogP contribution < -0.4 is 4.74 Å². The number of rotatable bonds is 6. The molecule has 0 spiro atoms. The monoisotopic (exact) mass is 428 g/mol. The highest BCUT2D eigenvalue weighted by Gasteiger charge is 2.32. The Labute approximate surface area is 174 Å². The van der Waals surface area contributed by atoms with Crippen molar-refractivity contribution in [1.29, 1.82) is 0 Å². The molecule has 4 nitrogen and oxygen atoms in total. The number of alkyl halides is 3. The quantitative estimate of drug-likeness (QED) is 0.699. The zero-order valence-electron chi connectivity index (χ0n) is 15.9. The van der Waals surface area contributed by atoms with E-state index >= 15 is 0 Å². The van der Waals surface area contributed by atoms with Crippen LogP contribution in [0.4, 0.5) is 13.2 Å². The fourth-order valence-corrected chi connectivity index (χ4v) is 3.27. The SMILES string of the molecule is Cl.O=C(COc1ccccc1)N1CCN(CCc2ccccc2C(F)(F)F)CC1. The summed E-state index contributed by atoms with van der Waals surface area (Å²) in [5.41, 5.74) is -0.258. The molecule has 0 aliphatic carbocycles. The number of para-hydroxylation sites is 1. The summed E-state index contributed by atoms with van der Waals surface area (Å²) in [6.45, 7) is 2.92. The molecule has 1 heterocycles. The number of ether oxygens (including phenoxy) is 1. The molecule has 1 fully saturated rings. The maximum atomic E-state index is 13.1. The van der Waals surface area contributed by atoms with E-state index in [0.29, 0.717) is 50.5 Å². The van der Waals surface area contributed by atoms with Crippen LogP contribution in [-0.4, -0.2) is 55.0 Å². The van der Waals surface area contributed by atoms with E-state index in [4.69, 9.17) is 4.74 Å². The molecule has 0 bridgehead atoms. The summed E-state index contributed by atoms with van der Waals surface area (Å²) in [6, 6.07) is 14.9. The van der Waals surface area contributed by atoms with Crippen LogP contribution in [0.3, 0.4) is 0 Å². The van der Waals surface area contributed by atoms with Crippen LogP contribution in [0.5, 0.6) is 5.75 Å². The number of benzene rings is 2. The molecule has 0 unspecified atom stereocenters. The number of halogens is 4. The van der Waals surface area contributed by atoms with Gasteiger partial charge in [0.15, 0.2) is 6.61 Å². The summed E-state index contributed by atoms with van der Waals surface area (Å²) in [7, 11) is 0. The van der Waals surface area contributed by atoms with Gasteiger partial charge in [-0.2, -0.15) is 13.2 Å². The topological polar surface area (TPSA) is 32.8 Å². The van der Waals surface area contributed by atoms with Gasteiger partial charge in [-0.3, -0.25) is 9.69 Å². The van der Waals surface area contributed by atoms with Crippen LogP contribution in [0.15, 0.2) is 54.6 Å². The highest BCUT2D eigenvalue weighted by Crippen LogP contribution is 2.32. The van der Waals surface area contributed by atoms with E-state index in [1.54, 1.807) is 23.1 Å². The van der Waals surface area contributed by atoms with Crippen molar-refractivity contribution >= 4 is 18.3 Å². The molecule has 1 amide bonds. The molecule has 29 heavy (non-hydrogen) atoms. The van der Waals surface area contributed by atoms with E-state index in [1.807, 2.05) is 18.2 Å². The predicted octanol–water partition coefficient (Wildman–Crippen LogP) is 3.89. The lowest BCUT2D eigenvalue weighted by molar-refractivity contribution is -0.138. The third kappa shape index (κ3) is 6.65. The molecule has 158 valence electrons. The Morgan fingerprint density at radius 2 is 1.55 bits per heavy atom. The van der Waals surface area contributed by atoms with Crippen molar-refractivity contribution in [2.75, 3.05) is 39.3 Å². The molecule has 3 rings (SSSR count). The molecular weight excluding hydrogens is 405 g/mol. The van der Waals surface area contributed by atoms with Crippen molar-refractivity contribution in [1.82, 2.24) is 9.80 Å². The highest BCUT2D eigenvalue weighted by atomic mass is 35.5. The third-order valence-electron chi connectivity index (χ3n) is 4.85. The lowest BCUT2D eigenvalue weighted by atomic mass is 10.0. The summed E-state index contributed by atoms with van der Waals surface area (Å²) >= 11 is 0. The Kier molecular flexibility index (Phi) is 8.34. The van der Waals surface area contributed by atoms with Crippen LogP contribution in [0.25, 0.3) is 0 Å². The predicted molar refractivity (Wildman–Crippen MR) is 107 cm³/mol. The average molecular weight is 429 g/mol. The fraction of sp³-hybridized carbons (Fsp3) is 0.381. The zero-order chi connectivity index (χ0) is 20.0. The first-order chi connectivity index (χ1) is 13.4. The first-order valence-corrected chi connectivity index (χ1v) is 9.26. The third-order valence-corrected chi connectivity index (χ3v) is 4.85.